The van der Waals surface area contributed by atoms with Crippen LogP contribution >= 0.6 is 11.3 Å². The van der Waals surface area contributed by atoms with Crippen LogP contribution in [0.15, 0.2) is 30.6 Å². The van der Waals surface area contributed by atoms with Crippen molar-refractivity contribution in [3.63, 3.8) is 0 Å². The second kappa shape index (κ2) is 6.23. The van der Waals surface area contributed by atoms with Crippen LogP contribution in [0.25, 0.3) is 4.96 Å². The first-order valence-corrected chi connectivity index (χ1v) is 8.02. The molecule has 0 fully saturated rings. The van der Waals surface area contributed by atoms with E-state index in [4.69, 9.17) is 0 Å². The van der Waals surface area contributed by atoms with Gasteiger partial charge < -0.3 is 4.90 Å². The fourth-order valence-electron chi connectivity index (χ4n) is 2.35. The molecule has 0 saturated heterocycles. The number of hydrogen-bond acceptors (Lipinski definition) is 5. The Hall–Kier alpha value is -2.28. The molecule has 2 heterocycles. The van der Waals surface area contributed by atoms with Gasteiger partial charge in [0.2, 0.25) is 10.9 Å². The first-order chi connectivity index (χ1) is 10.7. The molecule has 0 aliphatic rings. The smallest absolute Gasteiger partial charge is 0.234 e. The molecular weight excluding hydrogens is 298 g/mol. The Labute approximate surface area is 132 Å². The third kappa shape index (κ3) is 2.99. The maximum Gasteiger partial charge on any atom is 0.234 e. The lowest BCUT2D eigenvalue weighted by molar-refractivity contribution is -0.118. The summed E-state index contributed by atoms with van der Waals surface area (Å²) in [4.78, 5) is 15.1. The SMILES string of the molecule is CCN(C(=O)CCc1nn2cnnc2s1)c1cccc(C)c1. The Kier molecular flexibility index (Phi) is 4.15. The zero-order valence-electron chi connectivity index (χ0n) is 12.6. The van der Waals surface area contributed by atoms with Gasteiger partial charge in [-0.2, -0.15) is 9.61 Å². The van der Waals surface area contributed by atoms with Crippen molar-refractivity contribution in [3.8, 4) is 0 Å². The van der Waals surface area contributed by atoms with Crippen molar-refractivity contribution in [1.82, 2.24) is 19.8 Å². The van der Waals surface area contributed by atoms with Crippen molar-refractivity contribution in [3.05, 3.63) is 41.2 Å². The predicted molar refractivity (Wildman–Crippen MR) is 86.2 cm³/mol. The molecule has 1 amide bonds. The van der Waals surface area contributed by atoms with Gasteiger partial charge in [0.15, 0.2) is 0 Å². The molecule has 0 unspecified atom stereocenters. The van der Waals surface area contributed by atoms with Crippen LogP contribution in [-0.4, -0.2) is 32.3 Å². The molecule has 0 radical (unpaired) electrons. The van der Waals surface area contributed by atoms with Gasteiger partial charge in [0.25, 0.3) is 0 Å². The summed E-state index contributed by atoms with van der Waals surface area (Å²) < 4.78 is 1.64. The Morgan fingerprint density at radius 1 is 1.41 bits per heavy atom. The lowest BCUT2D eigenvalue weighted by Crippen LogP contribution is -2.30. The normalized spacial score (nSPS) is 11.0. The first kappa shape index (κ1) is 14.6. The number of carbonyl (C=O) groups is 1. The molecule has 6 nitrogen and oxygen atoms in total. The molecule has 3 aromatic rings. The number of carbonyl (C=O) groups excluding carboxylic acids is 1. The highest BCUT2D eigenvalue weighted by Crippen LogP contribution is 2.18. The molecule has 0 N–H and O–H groups in total. The summed E-state index contributed by atoms with van der Waals surface area (Å²) in [6.45, 7) is 4.68. The van der Waals surface area contributed by atoms with E-state index in [1.165, 1.54) is 11.3 Å². The fourth-order valence-corrected chi connectivity index (χ4v) is 3.16. The van der Waals surface area contributed by atoms with E-state index in [1.807, 2.05) is 43.0 Å². The number of nitrogens with zero attached hydrogens (tertiary/aromatic N) is 5. The van der Waals surface area contributed by atoms with Gasteiger partial charge in [-0.25, -0.2) is 0 Å². The fraction of sp³-hybridized carbons (Fsp3) is 0.333. The average molecular weight is 315 g/mol. The Morgan fingerprint density at radius 2 is 2.27 bits per heavy atom. The number of benzene rings is 1. The van der Waals surface area contributed by atoms with Crippen LogP contribution < -0.4 is 4.90 Å². The largest absolute Gasteiger partial charge is 0.313 e. The van der Waals surface area contributed by atoms with E-state index in [0.717, 1.165) is 21.2 Å². The highest BCUT2D eigenvalue weighted by molar-refractivity contribution is 7.16. The minimum Gasteiger partial charge on any atom is -0.313 e. The number of anilines is 1. The average Bonchev–Trinajstić information content (AvgIpc) is 3.07. The number of amides is 1. The van der Waals surface area contributed by atoms with Gasteiger partial charge in [0.1, 0.15) is 11.3 Å². The number of hydrogen-bond donors (Lipinski definition) is 0. The summed E-state index contributed by atoms with van der Waals surface area (Å²) in [6.07, 6.45) is 2.63. The van der Waals surface area contributed by atoms with Gasteiger partial charge in [-0.3, -0.25) is 4.79 Å². The van der Waals surface area contributed by atoms with Gasteiger partial charge in [0.05, 0.1) is 0 Å². The molecule has 0 aliphatic carbocycles. The van der Waals surface area contributed by atoms with E-state index < -0.39 is 0 Å². The van der Waals surface area contributed by atoms with Crippen molar-refractivity contribution < 1.29 is 4.79 Å². The topological polar surface area (TPSA) is 63.4 Å². The summed E-state index contributed by atoms with van der Waals surface area (Å²) in [7, 11) is 0. The maximum absolute atomic E-state index is 12.5. The Balaban J connectivity index is 1.68. The second-order valence-corrected chi connectivity index (χ2v) is 6.07. The molecule has 1 aromatic carbocycles. The second-order valence-electron chi connectivity index (χ2n) is 5.03. The van der Waals surface area contributed by atoms with Crippen molar-refractivity contribution in [1.29, 1.82) is 0 Å². The molecule has 7 heteroatoms. The number of aryl methyl sites for hydroxylation is 2. The maximum atomic E-state index is 12.5. The summed E-state index contributed by atoms with van der Waals surface area (Å²) in [5.74, 6) is 0.110. The lowest BCUT2D eigenvalue weighted by Gasteiger charge is -2.21. The first-order valence-electron chi connectivity index (χ1n) is 7.20. The van der Waals surface area contributed by atoms with Crippen molar-refractivity contribution >= 4 is 27.9 Å². The number of aromatic nitrogens is 4. The van der Waals surface area contributed by atoms with E-state index in [0.29, 0.717) is 19.4 Å². The minimum atomic E-state index is 0.110. The van der Waals surface area contributed by atoms with E-state index >= 15 is 0 Å². The molecule has 0 aliphatic heterocycles. The lowest BCUT2D eigenvalue weighted by atomic mass is 10.2. The zero-order chi connectivity index (χ0) is 15.5. The van der Waals surface area contributed by atoms with Crippen LogP contribution in [0.4, 0.5) is 5.69 Å². The third-order valence-corrected chi connectivity index (χ3v) is 4.38. The van der Waals surface area contributed by atoms with E-state index in [9.17, 15) is 4.79 Å². The number of fused-ring (bicyclic) bond motifs is 1. The highest BCUT2D eigenvalue weighted by atomic mass is 32.1. The van der Waals surface area contributed by atoms with E-state index in [2.05, 4.69) is 15.3 Å². The summed E-state index contributed by atoms with van der Waals surface area (Å²) in [5, 5.41) is 13.0. The van der Waals surface area contributed by atoms with Crippen LogP contribution in [0.3, 0.4) is 0 Å². The summed E-state index contributed by atoms with van der Waals surface area (Å²) in [6, 6.07) is 8.01. The summed E-state index contributed by atoms with van der Waals surface area (Å²) >= 11 is 1.47. The Bertz CT molecular complexity index is 765. The minimum absolute atomic E-state index is 0.110. The van der Waals surface area contributed by atoms with Crippen LogP contribution in [-0.2, 0) is 11.2 Å². The van der Waals surface area contributed by atoms with Crippen LogP contribution in [0.5, 0.6) is 0 Å². The summed E-state index contributed by atoms with van der Waals surface area (Å²) in [5.41, 5.74) is 2.10. The van der Waals surface area contributed by atoms with E-state index in [1.54, 1.807) is 10.8 Å². The van der Waals surface area contributed by atoms with Gasteiger partial charge in [0, 0.05) is 25.1 Å². The third-order valence-electron chi connectivity index (χ3n) is 3.41. The van der Waals surface area contributed by atoms with Crippen molar-refractivity contribution in [2.45, 2.75) is 26.7 Å². The van der Waals surface area contributed by atoms with E-state index in [-0.39, 0.29) is 5.91 Å². The monoisotopic (exact) mass is 315 g/mol. The molecule has 2 aromatic heterocycles. The number of rotatable bonds is 5. The molecule has 0 atom stereocenters. The Morgan fingerprint density at radius 3 is 3.00 bits per heavy atom. The van der Waals surface area contributed by atoms with Crippen molar-refractivity contribution in [2.75, 3.05) is 11.4 Å². The standard InChI is InChI=1S/C15H17N5OS/c1-3-19(12-6-4-5-11(2)9-12)14(21)8-7-13-18-20-10-16-17-15(20)22-13/h4-6,9-10H,3,7-8H2,1-2H3. The molecule has 0 saturated carbocycles. The zero-order valence-corrected chi connectivity index (χ0v) is 13.4. The van der Waals surface area contributed by atoms with Gasteiger partial charge >= 0.3 is 0 Å². The van der Waals surface area contributed by atoms with Crippen LogP contribution in [0.2, 0.25) is 0 Å². The highest BCUT2D eigenvalue weighted by Gasteiger charge is 2.15. The molecule has 0 bridgehead atoms. The quantitative estimate of drug-likeness (QED) is 0.725. The molecule has 114 valence electrons. The van der Waals surface area contributed by atoms with Crippen LogP contribution in [0, 0.1) is 6.92 Å². The molecule has 0 spiro atoms. The van der Waals surface area contributed by atoms with Gasteiger partial charge in [-0.1, -0.05) is 23.5 Å². The predicted octanol–water partition coefficient (Wildman–Crippen LogP) is 2.48. The van der Waals surface area contributed by atoms with Crippen molar-refractivity contribution in [2.24, 2.45) is 0 Å². The molecular formula is C15H17N5OS. The molecule has 22 heavy (non-hydrogen) atoms. The van der Waals surface area contributed by atoms with Crippen LogP contribution in [0.1, 0.15) is 23.9 Å². The molecule has 3 rings (SSSR count). The van der Waals surface area contributed by atoms with Gasteiger partial charge in [-0.05, 0) is 31.5 Å². The van der Waals surface area contributed by atoms with Gasteiger partial charge in [-0.15, -0.1) is 10.2 Å².